The van der Waals surface area contributed by atoms with Gasteiger partial charge < -0.3 is 5.11 Å². The third-order valence-corrected chi connectivity index (χ3v) is 2.08. The van der Waals surface area contributed by atoms with E-state index in [1.807, 2.05) is 11.9 Å². The SMILES string of the molecule is CN(CCO)Cc1ccc([N+](=O)[O-])cc1. The van der Waals surface area contributed by atoms with Gasteiger partial charge in [0.05, 0.1) is 11.5 Å². The summed E-state index contributed by atoms with van der Waals surface area (Å²) in [5, 5.41) is 19.1. The Morgan fingerprint density at radius 3 is 2.47 bits per heavy atom. The molecule has 0 aliphatic rings. The average Bonchev–Trinajstić information content (AvgIpc) is 2.18. The number of non-ortho nitro benzene ring substituents is 1. The summed E-state index contributed by atoms with van der Waals surface area (Å²) >= 11 is 0. The van der Waals surface area contributed by atoms with Gasteiger partial charge in [0.15, 0.2) is 0 Å². The van der Waals surface area contributed by atoms with Crippen LogP contribution >= 0.6 is 0 Å². The Labute approximate surface area is 88.1 Å². The van der Waals surface area contributed by atoms with E-state index in [1.54, 1.807) is 12.1 Å². The maximum absolute atomic E-state index is 10.4. The van der Waals surface area contributed by atoms with E-state index in [9.17, 15) is 10.1 Å². The molecule has 0 radical (unpaired) electrons. The summed E-state index contributed by atoms with van der Waals surface area (Å²) in [4.78, 5) is 11.9. The van der Waals surface area contributed by atoms with E-state index in [0.29, 0.717) is 13.1 Å². The lowest BCUT2D eigenvalue weighted by Crippen LogP contribution is -2.21. The second kappa shape index (κ2) is 5.43. The van der Waals surface area contributed by atoms with E-state index in [-0.39, 0.29) is 12.3 Å². The average molecular weight is 210 g/mol. The van der Waals surface area contributed by atoms with Crippen LogP contribution < -0.4 is 0 Å². The first kappa shape index (κ1) is 11.6. The zero-order valence-electron chi connectivity index (χ0n) is 8.59. The molecule has 1 aromatic rings. The van der Waals surface area contributed by atoms with Crippen molar-refractivity contribution >= 4 is 5.69 Å². The molecule has 0 aromatic heterocycles. The Balaban J connectivity index is 2.60. The fraction of sp³-hybridized carbons (Fsp3) is 0.400. The number of rotatable bonds is 5. The predicted octanol–water partition coefficient (Wildman–Crippen LogP) is 1.02. The third-order valence-electron chi connectivity index (χ3n) is 2.08. The van der Waals surface area contributed by atoms with Crippen LogP contribution in [0.4, 0.5) is 5.69 Å². The molecule has 82 valence electrons. The summed E-state index contributed by atoms with van der Waals surface area (Å²) < 4.78 is 0. The van der Waals surface area contributed by atoms with Gasteiger partial charge in [-0.05, 0) is 12.6 Å². The fourth-order valence-corrected chi connectivity index (χ4v) is 1.28. The van der Waals surface area contributed by atoms with Gasteiger partial charge in [0.25, 0.3) is 5.69 Å². The van der Waals surface area contributed by atoms with E-state index < -0.39 is 4.92 Å². The molecule has 0 unspecified atom stereocenters. The van der Waals surface area contributed by atoms with E-state index in [2.05, 4.69) is 0 Å². The fourth-order valence-electron chi connectivity index (χ4n) is 1.28. The van der Waals surface area contributed by atoms with Crippen molar-refractivity contribution in [3.8, 4) is 0 Å². The minimum Gasteiger partial charge on any atom is -0.395 e. The van der Waals surface area contributed by atoms with Crippen LogP contribution in [0.15, 0.2) is 24.3 Å². The molecule has 0 aliphatic heterocycles. The van der Waals surface area contributed by atoms with Gasteiger partial charge in [0.2, 0.25) is 0 Å². The van der Waals surface area contributed by atoms with E-state index >= 15 is 0 Å². The first-order valence-electron chi connectivity index (χ1n) is 4.66. The lowest BCUT2D eigenvalue weighted by atomic mass is 10.2. The van der Waals surface area contributed by atoms with E-state index in [0.717, 1.165) is 5.56 Å². The van der Waals surface area contributed by atoms with E-state index in [1.165, 1.54) is 12.1 Å². The van der Waals surface area contributed by atoms with Crippen LogP contribution in [0.25, 0.3) is 0 Å². The minimum atomic E-state index is -0.415. The summed E-state index contributed by atoms with van der Waals surface area (Å²) in [6, 6.07) is 6.43. The van der Waals surface area contributed by atoms with Gasteiger partial charge in [-0.15, -0.1) is 0 Å². The molecule has 1 N–H and O–H groups in total. The molecule has 0 heterocycles. The van der Waals surface area contributed by atoms with Crippen LogP contribution in [0.3, 0.4) is 0 Å². The van der Waals surface area contributed by atoms with Crippen molar-refractivity contribution in [1.29, 1.82) is 0 Å². The zero-order valence-corrected chi connectivity index (χ0v) is 8.59. The number of nitrogens with zero attached hydrogens (tertiary/aromatic N) is 2. The summed E-state index contributed by atoms with van der Waals surface area (Å²) in [5.74, 6) is 0. The largest absolute Gasteiger partial charge is 0.395 e. The molecule has 0 saturated carbocycles. The van der Waals surface area contributed by atoms with Crippen molar-refractivity contribution in [3.05, 3.63) is 39.9 Å². The maximum Gasteiger partial charge on any atom is 0.269 e. The lowest BCUT2D eigenvalue weighted by Gasteiger charge is -2.14. The quantitative estimate of drug-likeness (QED) is 0.582. The molecule has 1 rings (SSSR count). The normalized spacial score (nSPS) is 10.6. The van der Waals surface area contributed by atoms with Gasteiger partial charge in [-0.2, -0.15) is 0 Å². The number of nitro groups is 1. The van der Waals surface area contributed by atoms with Gasteiger partial charge >= 0.3 is 0 Å². The van der Waals surface area contributed by atoms with Crippen LogP contribution in [0.5, 0.6) is 0 Å². The van der Waals surface area contributed by atoms with Gasteiger partial charge in [0.1, 0.15) is 0 Å². The molecular weight excluding hydrogens is 196 g/mol. The highest BCUT2D eigenvalue weighted by Gasteiger charge is 2.05. The van der Waals surface area contributed by atoms with Crippen LogP contribution in [-0.2, 0) is 6.54 Å². The Morgan fingerprint density at radius 2 is 2.00 bits per heavy atom. The van der Waals surface area contributed by atoms with Gasteiger partial charge in [-0.25, -0.2) is 0 Å². The second-order valence-corrected chi connectivity index (χ2v) is 3.38. The molecule has 0 bridgehead atoms. The number of hydrogen-bond donors (Lipinski definition) is 1. The number of aliphatic hydroxyl groups excluding tert-OH is 1. The Bertz CT molecular complexity index is 324. The van der Waals surface area contributed by atoms with Crippen LogP contribution in [0.1, 0.15) is 5.56 Å². The van der Waals surface area contributed by atoms with Gasteiger partial charge in [0, 0.05) is 25.2 Å². The monoisotopic (exact) mass is 210 g/mol. The molecule has 0 saturated heterocycles. The number of aliphatic hydroxyl groups is 1. The highest BCUT2D eigenvalue weighted by Crippen LogP contribution is 2.12. The molecule has 0 aliphatic carbocycles. The van der Waals surface area contributed by atoms with Crippen molar-refractivity contribution in [3.63, 3.8) is 0 Å². The predicted molar refractivity (Wildman–Crippen MR) is 56.5 cm³/mol. The molecule has 5 heteroatoms. The summed E-state index contributed by atoms with van der Waals surface area (Å²) in [6.45, 7) is 1.39. The Hall–Kier alpha value is -1.46. The van der Waals surface area contributed by atoms with Gasteiger partial charge in [-0.3, -0.25) is 15.0 Å². The minimum absolute atomic E-state index is 0.101. The molecule has 0 fully saturated rings. The van der Waals surface area contributed by atoms with Crippen LogP contribution in [0.2, 0.25) is 0 Å². The maximum atomic E-state index is 10.4. The third kappa shape index (κ3) is 3.65. The first-order chi connectivity index (χ1) is 7.13. The zero-order chi connectivity index (χ0) is 11.3. The first-order valence-corrected chi connectivity index (χ1v) is 4.66. The van der Waals surface area contributed by atoms with E-state index in [4.69, 9.17) is 5.11 Å². The number of benzene rings is 1. The lowest BCUT2D eigenvalue weighted by molar-refractivity contribution is -0.384. The van der Waals surface area contributed by atoms with Crippen molar-refractivity contribution in [2.75, 3.05) is 20.2 Å². The smallest absolute Gasteiger partial charge is 0.269 e. The molecule has 15 heavy (non-hydrogen) atoms. The molecule has 1 aromatic carbocycles. The van der Waals surface area contributed by atoms with Crippen LogP contribution in [-0.4, -0.2) is 35.1 Å². The van der Waals surface area contributed by atoms with Crippen molar-refractivity contribution in [2.24, 2.45) is 0 Å². The highest BCUT2D eigenvalue weighted by atomic mass is 16.6. The molecule has 0 spiro atoms. The topological polar surface area (TPSA) is 66.6 Å². The van der Waals surface area contributed by atoms with Crippen molar-refractivity contribution in [2.45, 2.75) is 6.54 Å². The number of likely N-dealkylation sites (N-methyl/N-ethyl adjacent to an activating group) is 1. The molecular formula is C10H14N2O3. The Kier molecular flexibility index (Phi) is 4.20. The second-order valence-electron chi connectivity index (χ2n) is 3.38. The standard InChI is InChI=1S/C10H14N2O3/c1-11(6-7-13)8-9-2-4-10(5-3-9)12(14)15/h2-5,13H,6-8H2,1H3. The van der Waals surface area contributed by atoms with Crippen LogP contribution in [0, 0.1) is 10.1 Å². The number of hydrogen-bond acceptors (Lipinski definition) is 4. The highest BCUT2D eigenvalue weighted by molar-refractivity contribution is 5.32. The van der Waals surface area contributed by atoms with Gasteiger partial charge in [-0.1, -0.05) is 12.1 Å². The summed E-state index contributed by atoms with van der Waals surface area (Å²) in [5.41, 5.74) is 1.10. The Morgan fingerprint density at radius 1 is 1.40 bits per heavy atom. The van der Waals surface area contributed by atoms with Crippen molar-refractivity contribution in [1.82, 2.24) is 4.90 Å². The number of nitro benzene ring substituents is 1. The molecule has 0 amide bonds. The summed E-state index contributed by atoms with van der Waals surface area (Å²) in [7, 11) is 1.89. The molecule has 0 atom stereocenters. The van der Waals surface area contributed by atoms with Crippen molar-refractivity contribution < 1.29 is 10.0 Å². The molecule has 5 nitrogen and oxygen atoms in total. The summed E-state index contributed by atoms with van der Waals surface area (Å²) in [6.07, 6.45) is 0.